The lowest BCUT2D eigenvalue weighted by Crippen LogP contribution is -2.01. The summed E-state index contributed by atoms with van der Waals surface area (Å²) >= 11 is 3.17. The van der Waals surface area contributed by atoms with E-state index >= 15 is 0 Å². The van der Waals surface area contributed by atoms with Gasteiger partial charge in [-0.05, 0) is 41.4 Å². The minimum atomic E-state index is -0.891. The zero-order valence-electron chi connectivity index (χ0n) is 8.00. The van der Waals surface area contributed by atoms with E-state index in [9.17, 15) is 4.79 Å². The highest BCUT2D eigenvalue weighted by atomic mass is 79.9. The van der Waals surface area contributed by atoms with Crippen molar-refractivity contribution >= 4 is 27.5 Å². The summed E-state index contributed by atoms with van der Waals surface area (Å²) in [7, 11) is 0. The first-order valence-electron chi connectivity index (χ1n) is 4.25. The number of carboxylic acid groups (broad SMARTS) is 1. The molecule has 3 nitrogen and oxygen atoms in total. The molecule has 76 valence electrons. The van der Waals surface area contributed by atoms with Gasteiger partial charge in [0.2, 0.25) is 0 Å². The Morgan fingerprint density at radius 1 is 1.57 bits per heavy atom. The molecule has 14 heavy (non-hydrogen) atoms. The summed E-state index contributed by atoms with van der Waals surface area (Å²) in [5.74, 6) is -0.298. The van der Waals surface area contributed by atoms with Gasteiger partial charge in [0.15, 0.2) is 4.67 Å². The van der Waals surface area contributed by atoms with Crippen LogP contribution in [0.25, 0.3) is 5.57 Å². The van der Waals surface area contributed by atoms with Crippen molar-refractivity contribution < 1.29 is 14.3 Å². The molecule has 0 amide bonds. The van der Waals surface area contributed by atoms with Crippen LogP contribution in [0, 0.1) is 0 Å². The maximum Gasteiger partial charge on any atom is 0.331 e. The van der Waals surface area contributed by atoms with E-state index in [1.54, 1.807) is 19.1 Å². The predicted molar refractivity (Wildman–Crippen MR) is 56.9 cm³/mol. The Labute approximate surface area is 90.5 Å². The van der Waals surface area contributed by atoms with Crippen LogP contribution >= 0.6 is 15.9 Å². The first-order chi connectivity index (χ1) is 6.56. The Hall–Kier alpha value is -1.03. The average Bonchev–Trinajstić information content (AvgIpc) is 2.52. The fraction of sp³-hybridized carbons (Fsp3) is 0.300. The number of carboxylic acids is 1. The first kappa shape index (κ1) is 11.0. The molecule has 0 saturated heterocycles. The molecule has 1 heterocycles. The van der Waals surface area contributed by atoms with Crippen LogP contribution in [0.1, 0.15) is 26.0 Å². The van der Waals surface area contributed by atoms with Crippen molar-refractivity contribution in [1.29, 1.82) is 0 Å². The lowest BCUT2D eigenvalue weighted by atomic mass is 10.1. The molecular formula is C10H11BrO3. The average molecular weight is 259 g/mol. The third kappa shape index (κ3) is 2.26. The van der Waals surface area contributed by atoms with Crippen molar-refractivity contribution in [3.63, 3.8) is 0 Å². The normalized spacial score (nSPS) is 12.5. The van der Waals surface area contributed by atoms with E-state index < -0.39 is 5.97 Å². The highest BCUT2D eigenvalue weighted by Crippen LogP contribution is 2.24. The second kappa shape index (κ2) is 4.46. The fourth-order valence-corrected chi connectivity index (χ4v) is 1.55. The van der Waals surface area contributed by atoms with Gasteiger partial charge in [-0.15, -0.1) is 0 Å². The van der Waals surface area contributed by atoms with Gasteiger partial charge in [0, 0.05) is 11.1 Å². The highest BCUT2D eigenvalue weighted by molar-refractivity contribution is 9.10. The monoisotopic (exact) mass is 258 g/mol. The molecule has 0 aliphatic heterocycles. The van der Waals surface area contributed by atoms with Crippen molar-refractivity contribution in [2.45, 2.75) is 20.3 Å². The number of halogens is 1. The maximum absolute atomic E-state index is 10.8. The van der Waals surface area contributed by atoms with Crippen molar-refractivity contribution in [2.75, 3.05) is 0 Å². The Morgan fingerprint density at radius 3 is 2.57 bits per heavy atom. The molecular weight excluding hydrogens is 248 g/mol. The number of rotatable bonds is 3. The van der Waals surface area contributed by atoms with Gasteiger partial charge in [-0.25, -0.2) is 4.79 Å². The van der Waals surface area contributed by atoms with Crippen LogP contribution in [0.4, 0.5) is 0 Å². The molecule has 1 aromatic heterocycles. The van der Waals surface area contributed by atoms with E-state index in [4.69, 9.17) is 9.52 Å². The van der Waals surface area contributed by atoms with Crippen LogP contribution < -0.4 is 0 Å². The highest BCUT2D eigenvalue weighted by Gasteiger charge is 2.12. The molecule has 0 saturated carbocycles. The molecule has 0 atom stereocenters. The molecule has 0 spiro atoms. The fourth-order valence-electron chi connectivity index (χ4n) is 1.24. The summed E-state index contributed by atoms with van der Waals surface area (Å²) in [5, 5.41) is 8.90. The van der Waals surface area contributed by atoms with Crippen molar-refractivity contribution in [3.8, 4) is 0 Å². The van der Waals surface area contributed by atoms with Gasteiger partial charge in [0.05, 0.1) is 0 Å². The molecule has 0 aliphatic carbocycles. The molecule has 1 rings (SSSR count). The van der Waals surface area contributed by atoms with E-state index in [2.05, 4.69) is 15.9 Å². The van der Waals surface area contributed by atoms with Crippen molar-refractivity contribution in [3.05, 3.63) is 28.1 Å². The summed E-state index contributed by atoms with van der Waals surface area (Å²) in [4.78, 5) is 10.8. The molecule has 0 aromatic carbocycles. The Morgan fingerprint density at radius 2 is 2.21 bits per heavy atom. The van der Waals surface area contributed by atoms with E-state index in [0.29, 0.717) is 28.0 Å². The van der Waals surface area contributed by atoms with Gasteiger partial charge < -0.3 is 9.52 Å². The lowest BCUT2D eigenvalue weighted by molar-refractivity contribution is -0.132. The molecule has 1 N–H and O–H groups in total. The Balaban J connectivity index is 3.13. The number of carbonyl (C=O) groups is 1. The third-order valence-electron chi connectivity index (χ3n) is 2.01. The zero-order valence-corrected chi connectivity index (χ0v) is 9.59. The number of hydrogen-bond acceptors (Lipinski definition) is 2. The Bertz CT molecular complexity index is 376. The summed E-state index contributed by atoms with van der Waals surface area (Å²) in [6.45, 7) is 3.56. The molecule has 0 radical (unpaired) electrons. The number of furan rings is 1. The molecule has 4 heteroatoms. The number of allylic oxidation sites excluding steroid dienone is 1. The standard InChI is InChI=1S/C10H11BrO3/c1-3-7(10(12)13)6(2)8-4-5-9(11)14-8/h4-5H,3H2,1-2H3,(H,12,13)/b7-6-. The smallest absolute Gasteiger partial charge is 0.331 e. The van der Waals surface area contributed by atoms with E-state index in [1.807, 2.05) is 6.92 Å². The van der Waals surface area contributed by atoms with Crippen LogP contribution in [0.15, 0.2) is 26.8 Å². The van der Waals surface area contributed by atoms with Gasteiger partial charge in [0.1, 0.15) is 5.76 Å². The van der Waals surface area contributed by atoms with Gasteiger partial charge in [-0.2, -0.15) is 0 Å². The van der Waals surface area contributed by atoms with Crippen molar-refractivity contribution in [2.24, 2.45) is 0 Å². The van der Waals surface area contributed by atoms with Crippen molar-refractivity contribution in [1.82, 2.24) is 0 Å². The minimum absolute atomic E-state index is 0.381. The van der Waals surface area contributed by atoms with E-state index in [1.165, 1.54) is 0 Å². The van der Waals surface area contributed by atoms with Gasteiger partial charge in [0.25, 0.3) is 0 Å². The summed E-state index contributed by atoms with van der Waals surface area (Å²) in [6, 6.07) is 3.49. The molecule has 0 fully saturated rings. The second-order valence-electron chi connectivity index (χ2n) is 2.87. The SMILES string of the molecule is CC/C(C(=O)O)=C(\C)c1ccc(Br)o1. The largest absolute Gasteiger partial charge is 0.478 e. The summed E-state index contributed by atoms with van der Waals surface area (Å²) < 4.78 is 5.88. The predicted octanol–water partition coefficient (Wildman–Crippen LogP) is 3.31. The van der Waals surface area contributed by atoms with Crippen LogP contribution in [-0.2, 0) is 4.79 Å². The van der Waals surface area contributed by atoms with E-state index in [0.717, 1.165) is 0 Å². The molecule has 0 aliphatic rings. The van der Waals surface area contributed by atoms with Crippen LogP contribution in [0.3, 0.4) is 0 Å². The van der Waals surface area contributed by atoms with Gasteiger partial charge in [-0.1, -0.05) is 6.92 Å². The van der Waals surface area contributed by atoms with Crippen LogP contribution in [0.5, 0.6) is 0 Å². The zero-order chi connectivity index (χ0) is 10.7. The Kier molecular flexibility index (Phi) is 3.52. The molecule has 0 unspecified atom stereocenters. The first-order valence-corrected chi connectivity index (χ1v) is 5.04. The number of hydrogen-bond donors (Lipinski definition) is 1. The third-order valence-corrected chi connectivity index (χ3v) is 2.43. The van der Waals surface area contributed by atoms with Gasteiger partial charge >= 0.3 is 5.97 Å². The topological polar surface area (TPSA) is 50.4 Å². The summed E-state index contributed by atoms with van der Waals surface area (Å²) in [6.07, 6.45) is 0.486. The minimum Gasteiger partial charge on any atom is -0.478 e. The maximum atomic E-state index is 10.8. The van der Waals surface area contributed by atoms with Gasteiger partial charge in [-0.3, -0.25) is 0 Å². The number of aliphatic carboxylic acids is 1. The van der Waals surface area contributed by atoms with Crippen LogP contribution in [-0.4, -0.2) is 11.1 Å². The lowest BCUT2D eigenvalue weighted by Gasteiger charge is -2.02. The van der Waals surface area contributed by atoms with E-state index in [-0.39, 0.29) is 0 Å². The quantitative estimate of drug-likeness (QED) is 0.847. The molecule has 0 bridgehead atoms. The second-order valence-corrected chi connectivity index (χ2v) is 3.65. The molecule has 1 aromatic rings. The van der Waals surface area contributed by atoms with Crippen LogP contribution in [0.2, 0.25) is 0 Å². The summed E-state index contributed by atoms with van der Waals surface area (Å²) in [5.41, 5.74) is 1.05.